The molecular formula is C15H14N2O2. The Kier molecular flexibility index (Phi) is 3.93. The minimum atomic E-state index is -0.242. The van der Waals surface area contributed by atoms with E-state index in [1.54, 1.807) is 12.1 Å². The quantitative estimate of drug-likeness (QED) is 0.819. The minimum absolute atomic E-state index is 0.216. The van der Waals surface area contributed by atoms with Crippen LogP contribution in [0.1, 0.15) is 10.4 Å². The van der Waals surface area contributed by atoms with Gasteiger partial charge in [-0.3, -0.25) is 9.59 Å². The van der Waals surface area contributed by atoms with Gasteiger partial charge in [0.15, 0.2) is 0 Å². The molecule has 1 aromatic heterocycles. The number of amides is 1. The fourth-order valence-corrected chi connectivity index (χ4v) is 1.71. The van der Waals surface area contributed by atoms with Crippen LogP contribution in [0.5, 0.6) is 0 Å². The van der Waals surface area contributed by atoms with E-state index in [4.69, 9.17) is 0 Å². The van der Waals surface area contributed by atoms with Gasteiger partial charge in [0.2, 0.25) is 0 Å². The number of hydrogen-bond donors (Lipinski definition) is 2. The molecule has 1 aromatic carbocycles. The lowest BCUT2D eigenvalue weighted by Gasteiger charge is -2.05. The molecule has 0 saturated carbocycles. The fraction of sp³-hybridized carbons (Fsp3) is 0.0667. The van der Waals surface area contributed by atoms with Crippen LogP contribution in [0.2, 0.25) is 0 Å². The number of aromatic nitrogens is 1. The number of nitrogens with one attached hydrogen (secondary N) is 2. The van der Waals surface area contributed by atoms with Gasteiger partial charge < -0.3 is 10.3 Å². The van der Waals surface area contributed by atoms with Crippen molar-refractivity contribution in [3.05, 3.63) is 71.2 Å². The molecule has 0 aliphatic carbocycles. The first-order valence-corrected chi connectivity index (χ1v) is 5.89. The third-order valence-corrected chi connectivity index (χ3v) is 2.66. The van der Waals surface area contributed by atoms with E-state index in [1.165, 1.54) is 6.20 Å². The molecule has 2 rings (SSSR count). The topological polar surface area (TPSA) is 62.0 Å². The van der Waals surface area contributed by atoms with E-state index in [0.717, 1.165) is 5.56 Å². The van der Waals surface area contributed by atoms with Crippen molar-refractivity contribution in [2.75, 3.05) is 6.54 Å². The molecular weight excluding hydrogens is 240 g/mol. The van der Waals surface area contributed by atoms with E-state index in [0.29, 0.717) is 17.7 Å². The highest BCUT2D eigenvalue weighted by molar-refractivity contribution is 5.95. The smallest absolute Gasteiger partial charge is 0.255 e. The van der Waals surface area contributed by atoms with E-state index in [1.807, 2.05) is 30.3 Å². The van der Waals surface area contributed by atoms with Crippen molar-refractivity contribution < 1.29 is 4.79 Å². The van der Waals surface area contributed by atoms with E-state index >= 15 is 0 Å². The van der Waals surface area contributed by atoms with Crippen LogP contribution in [-0.4, -0.2) is 17.4 Å². The largest absolute Gasteiger partial charge is 0.349 e. The zero-order chi connectivity index (χ0) is 13.7. The molecule has 0 bridgehead atoms. The third kappa shape index (κ3) is 2.98. The van der Waals surface area contributed by atoms with Crippen LogP contribution in [0.25, 0.3) is 11.1 Å². The number of H-pyrrole nitrogens is 1. The van der Waals surface area contributed by atoms with Crippen LogP contribution < -0.4 is 10.9 Å². The number of carbonyl (C=O) groups is 1. The fourth-order valence-electron chi connectivity index (χ4n) is 1.71. The van der Waals surface area contributed by atoms with E-state index < -0.39 is 0 Å². The maximum absolute atomic E-state index is 11.8. The molecule has 19 heavy (non-hydrogen) atoms. The molecule has 2 aromatic rings. The second-order valence-electron chi connectivity index (χ2n) is 4.00. The van der Waals surface area contributed by atoms with Crippen LogP contribution in [0, 0.1) is 0 Å². The number of hydrogen-bond acceptors (Lipinski definition) is 2. The maximum atomic E-state index is 11.8. The Hall–Kier alpha value is -2.62. The Morgan fingerprint density at radius 2 is 2.05 bits per heavy atom. The predicted molar refractivity (Wildman–Crippen MR) is 75.0 cm³/mol. The lowest BCUT2D eigenvalue weighted by atomic mass is 10.1. The molecule has 0 radical (unpaired) electrons. The summed E-state index contributed by atoms with van der Waals surface area (Å²) in [6.45, 7) is 3.92. The summed E-state index contributed by atoms with van der Waals surface area (Å²) in [7, 11) is 0. The number of benzene rings is 1. The van der Waals surface area contributed by atoms with Crippen molar-refractivity contribution >= 4 is 5.91 Å². The van der Waals surface area contributed by atoms with Gasteiger partial charge in [0.05, 0.1) is 5.56 Å². The highest BCUT2D eigenvalue weighted by Crippen LogP contribution is 2.15. The summed E-state index contributed by atoms with van der Waals surface area (Å²) < 4.78 is 0. The van der Waals surface area contributed by atoms with Crippen LogP contribution in [-0.2, 0) is 0 Å². The second kappa shape index (κ2) is 5.82. The Balaban J connectivity index is 2.38. The van der Waals surface area contributed by atoms with Crippen molar-refractivity contribution in [1.82, 2.24) is 10.3 Å². The number of pyridine rings is 1. The maximum Gasteiger partial charge on any atom is 0.255 e. The molecule has 0 atom stereocenters. The number of aromatic amines is 1. The summed E-state index contributed by atoms with van der Waals surface area (Å²) >= 11 is 0. The van der Waals surface area contributed by atoms with Gasteiger partial charge in [-0.1, -0.05) is 36.4 Å². The lowest BCUT2D eigenvalue weighted by molar-refractivity contribution is 0.0957. The molecule has 96 valence electrons. The van der Waals surface area contributed by atoms with Gasteiger partial charge in [0.25, 0.3) is 11.5 Å². The van der Waals surface area contributed by atoms with Crippen LogP contribution in [0.15, 0.2) is 60.0 Å². The number of carbonyl (C=O) groups excluding carboxylic acids is 1. The van der Waals surface area contributed by atoms with Gasteiger partial charge in [0.1, 0.15) is 0 Å². The first-order chi connectivity index (χ1) is 9.22. The molecule has 0 spiro atoms. The van der Waals surface area contributed by atoms with Gasteiger partial charge in [-0.2, -0.15) is 0 Å². The molecule has 0 aliphatic rings. The SMILES string of the molecule is C=CCNC(=O)c1c[nH]c(=O)c(-c2ccccc2)c1. The highest BCUT2D eigenvalue weighted by Gasteiger charge is 2.09. The zero-order valence-electron chi connectivity index (χ0n) is 10.3. The van der Waals surface area contributed by atoms with Gasteiger partial charge in [-0.05, 0) is 11.6 Å². The molecule has 0 aliphatic heterocycles. The van der Waals surface area contributed by atoms with Gasteiger partial charge in [-0.25, -0.2) is 0 Å². The lowest BCUT2D eigenvalue weighted by Crippen LogP contribution is -2.24. The monoisotopic (exact) mass is 254 g/mol. The van der Waals surface area contributed by atoms with Crippen molar-refractivity contribution in [3.8, 4) is 11.1 Å². The average Bonchev–Trinajstić information content (AvgIpc) is 2.46. The highest BCUT2D eigenvalue weighted by atomic mass is 16.1. The Labute approximate surface area is 110 Å². The third-order valence-electron chi connectivity index (χ3n) is 2.66. The Morgan fingerprint density at radius 3 is 2.74 bits per heavy atom. The molecule has 0 unspecified atom stereocenters. The summed E-state index contributed by atoms with van der Waals surface area (Å²) in [4.78, 5) is 26.2. The van der Waals surface area contributed by atoms with Gasteiger partial charge in [-0.15, -0.1) is 6.58 Å². The number of rotatable bonds is 4. The standard InChI is InChI=1S/C15H14N2O2/c1-2-8-16-14(18)12-9-13(15(19)17-10-12)11-6-4-3-5-7-11/h2-7,9-10H,1,8H2,(H,16,18)(H,17,19). The average molecular weight is 254 g/mol. The molecule has 1 heterocycles. The molecule has 4 nitrogen and oxygen atoms in total. The zero-order valence-corrected chi connectivity index (χ0v) is 10.3. The van der Waals surface area contributed by atoms with E-state index in [-0.39, 0.29) is 11.5 Å². The molecule has 1 amide bonds. The first-order valence-electron chi connectivity index (χ1n) is 5.89. The summed E-state index contributed by atoms with van der Waals surface area (Å²) in [5.41, 5.74) is 1.46. The first kappa shape index (κ1) is 12.8. The van der Waals surface area contributed by atoms with Crippen LogP contribution in [0.4, 0.5) is 0 Å². The van der Waals surface area contributed by atoms with E-state index in [2.05, 4.69) is 16.9 Å². The molecule has 0 fully saturated rings. The Morgan fingerprint density at radius 1 is 1.32 bits per heavy atom. The van der Waals surface area contributed by atoms with E-state index in [9.17, 15) is 9.59 Å². The second-order valence-corrected chi connectivity index (χ2v) is 4.00. The summed E-state index contributed by atoms with van der Waals surface area (Å²) in [6.07, 6.45) is 3.01. The summed E-state index contributed by atoms with van der Waals surface area (Å²) in [6, 6.07) is 10.8. The molecule has 0 saturated heterocycles. The Bertz CT molecular complexity index is 645. The molecule has 4 heteroatoms. The summed E-state index contributed by atoms with van der Waals surface area (Å²) in [5.74, 6) is -0.242. The van der Waals surface area contributed by atoms with Crippen molar-refractivity contribution in [1.29, 1.82) is 0 Å². The van der Waals surface area contributed by atoms with Gasteiger partial charge >= 0.3 is 0 Å². The van der Waals surface area contributed by atoms with Crippen molar-refractivity contribution in [2.24, 2.45) is 0 Å². The van der Waals surface area contributed by atoms with Crippen molar-refractivity contribution in [2.45, 2.75) is 0 Å². The summed E-state index contributed by atoms with van der Waals surface area (Å²) in [5, 5.41) is 2.67. The normalized spacial score (nSPS) is 9.89. The van der Waals surface area contributed by atoms with Crippen LogP contribution >= 0.6 is 0 Å². The molecule has 2 N–H and O–H groups in total. The predicted octanol–water partition coefficient (Wildman–Crippen LogP) is 1.96. The van der Waals surface area contributed by atoms with Crippen LogP contribution in [0.3, 0.4) is 0 Å². The minimum Gasteiger partial charge on any atom is -0.349 e. The van der Waals surface area contributed by atoms with Gasteiger partial charge in [0, 0.05) is 18.3 Å². The van der Waals surface area contributed by atoms with Crippen molar-refractivity contribution in [3.63, 3.8) is 0 Å².